The van der Waals surface area contributed by atoms with Crippen LogP contribution in [0.1, 0.15) is 47.9 Å². The molecular weight excluding hydrogens is 394 g/mol. The highest BCUT2D eigenvalue weighted by Crippen LogP contribution is 2.38. The Labute approximate surface area is 190 Å². The lowest BCUT2D eigenvalue weighted by Crippen LogP contribution is -2.24. The molecule has 1 aliphatic rings. The number of aryl methyl sites for hydroxylation is 2. The molecule has 4 heteroatoms. The molecule has 160 valence electrons. The van der Waals surface area contributed by atoms with Crippen molar-refractivity contribution in [3.8, 4) is 34.8 Å². The van der Waals surface area contributed by atoms with Crippen LogP contribution in [0, 0.1) is 36.5 Å². The standard InChI is InChI=1S/C28H27N3O/c1-20-7-9-22(10-8-20)23-11-12-27(21(2)15-23)32-28-17-25(19-30)24(18-29)16-26(28)31-13-5-3-4-6-14-31/h7-12,15-17H,3-6,13-14H2,1-2H3. The topological polar surface area (TPSA) is 60.0 Å². The quantitative estimate of drug-likeness (QED) is 0.460. The van der Waals surface area contributed by atoms with Crippen LogP contribution in [0.5, 0.6) is 11.5 Å². The summed E-state index contributed by atoms with van der Waals surface area (Å²) < 4.78 is 6.38. The third kappa shape index (κ3) is 4.61. The highest BCUT2D eigenvalue weighted by atomic mass is 16.5. The zero-order valence-electron chi connectivity index (χ0n) is 18.7. The molecule has 1 heterocycles. The molecule has 32 heavy (non-hydrogen) atoms. The van der Waals surface area contributed by atoms with Gasteiger partial charge in [0.05, 0.1) is 16.8 Å². The van der Waals surface area contributed by atoms with E-state index in [1.165, 1.54) is 24.0 Å². The Morgan fingerprint density at radius 3 is 1.97 bits per heavy atom. The van der Waals surface area contributed by atoms with Crippen LogP contribution in [0.25, 0.3) is 11.1 Å². The number of benzene rings is 3. The van der Waals surface area contributed by atoms with Crippen molar-refractivity contribution in [2.24, 2.45) is 0 Å². The fourth-order valence-corrected chi connectivity index (χ4v) is 4.20. The van der Waals surface area contributed by atoms with E-state index < -0.39 is 0 Å². The summed E-state index contributed by atoms with van der Waals surface area (Å²) in [5.74, 6) is 1.39. The number of anilines is 1. The van der Waals surface area contributed by atoms with Gasteiger partial charge >= 0.3 is 0 Å². The van der Waals surface area contributed by atoms with Gasteiger partial charge < -0.3 is 9.64 Å². The minimum atomic E-state index is 0.343. The largest absolute Gasteiger partial charge is 0.455 e. The summed E-state index contributed by atoms with van der Waals surface area (Å²) in [6, 6.07) is 22.5. The van der Waals surface area contributed by atoms with Crippen LogP contribution < -0.4 is 9.64 Å². The fourth-order valence-electron chi connectivity index (χ4n) is 4.20. The van der Waals surface area contributed by atoms with Crippen molar-refractivity contribution in [1.82, 2.24) is 0 Å². The summed E-state index contributed by atoms with van der Waals surface area (Å²) in [7, 11) is 0. The molecule has 0 radical (unpaired) electrons. The number of hydrogen-bond donors (Lipinski definition) is 0. The van der Waals surface area contributed by atoms with Gasteiger partial charge in [0.2, 0.25) is 0 Å². The van der Waals surface area contributed by atoms with Crippen LogP contribution in [0.2, 0.25) is 0 Å². The normalized spacial score (nSPS) is 13.7. The number of hydrogen-bond acceptors (Lipinski definition) is 4. The van der Waals surface area contributed by atoms with E-state index in [1.54, 1.807) is 6.07 Å². The first-order valence-electron chi connectivity index (χ1n) is 11.2. The average Bonchev–Trinajstić information content (AvgIpc) is 3.10. The molecule has 1 fully saturated rings. The molecule has 0 aliphatic carbocycles. The third-order valence-corrected chi connectivity index (χ3v) is 6.07. The first-order chi connectivity index (χ1) is 15.6. The Balaban J connectivity index is 1.70. The van der Waals surface area contributed by atoms with E-state index in [1.807, 2.05) is 19.1 Å². The molecule has 0 amide bonds. The first kappa shape index (κ1) is 21.5. The maximum Gasteiger partial charge on any atom is 0.152 e. The molecule has 0 aromatic heterocycles. The van der Waals surface area contributed by atoms with Crippen LogP contribution >= 0.6 is 0 Å². The van der Waals surface area contributed by atoms with Gasteiger partial charge in [0.1, 0.15) is 17.9 Å². The minimum absolute atomic E-state index is 0.343. The minimum Gasteiger partial charge on any atom is -0.455 e. The summed E-state index contributed by atoms with van der Waals surface area (Å²) in [6.07, 6.45) is 4.67. The molecule has 1 saturated heterocycles. The van der Waals surface area contributed by atoms with Gasteiger partial charge in [0.15, 0.2) is 5.75 Å². The van der Waals surface area contributed by atoms with Gasteiger partial charge in [-0.2, -0.15) is 10.5 Å². The zero-order chi connectivity index (χ0) is 22.5. The van der Waals surface area contributed by atoms with Crippen molar-refractivity contribution in [3.05, 3.63) is 76.9 Å². The fraction of sp³-hybridized carbons (Fsp3) is 0.286. The Morgan fingerprint density at radius 2 is 1.34 bits per heavy atom. The van der Waals surface area contributed by atoms with Crippen LogP contribution in [0.3, 0.4) is 0 Å². The predicted molar refractivity (Wildman–Crippen MR) is 128 cm³/mol. The molecule has 1 aliphatic heterocycles. The maximum absolute atomic E-state index is 9.55. The smallest absolute Gasteiger partial charge is 0.152 e. The molecule has 3 aromatic carbocycles. The molecule has 0 atom stereocenters. The molecule has 0 unspecified atom stereocenters. The molecule has 0 N–H and O–H groups in total. The van der Waals surface area contributed by atoms with Gasteiger partial charge in [-0.25, -0.2) is 0 Å². The lowest BCUT2D eigenvalue weighted by atomic mass is 10.0. The van der Waals surface area contributed by atoms with Crippen LogP contribution in [-0.4, -0.2) is 13.1 Å². The van der Waals surface area contributed by atoms with Crippen molar-refractivity contribution < 1.29 is 4.74 Å². The van der Waals surface area contributed by atoms with Crippen molar-refractivity contribution in [1.29, 1.82) is 10.5 Å². The number of ether oxygens (including phenoxy) is 1. The molecule has 0 saturated carbocycles. The third-order valence-electron chi connectivity index (χ3n) is 6.07. The summed E-state index contributed by atoms with van der Waals surface area (Å²) in [5, 5.41) is 19.1. The van der Waals surface area contributed by atoms with Crippen molar-refractivity contribution in [2.45, 2.75) is 39.5 Å². The molecule has 0 bridgehead atoms. The number of nitriles is 2. The van der Waals surface area contributed by atoms with Gasteiger partial charge in [-0.15, -0.1) is 0 Å². The van der Waals surface area contributed by atoms with Crippen molar-refractivity contribution >= 4 is 5.69 Å². The Bertz CT molecular complexity index is 1190. The Kier molecular flexibility index (Phi) is 6.43. The predicted octanol–water partition coefficient (Wildman–Crippen LogP) is 6.89. The van der Waals surface area contributed by atoms with E-state index in [0.29, 0.717) is 16.9 Å². The summed E-state index contributed by atoms with van der Waals surface area (Å²) in [4.78, 5) is 2.29. The van der Waals surface area contributed by atoms with Crippen molar-refractivity contribution in [3.63, 3.8) is 0 Å². The van der Waals surface area contributed by atoms with Gasteiger partial charge in [-0.3, -0.25) is 0 Å². The molecule has 4 nitrogen and oxygen atoms in total. The average molecular weight is 422 g/mol. The second-order valence-corrected chi connectivity index (χ2v) is 8.44. The van der Waals surface area contributed by atoms with Crippen LogP contribution in [0.15, 0.2) is 54.6 Å². The first-order valence-corrected chi connectivity index (χ1v) is 11.2. The lowest BCUT2D eigenvalue weighted by molar-refractivity contribution is 0.477. The van der Waals surface area contributed by atoms with Gasteiger partial charge in [0, 0.05) is 19.2 Å². The summed E-state index contributed by atoms with van der Waals surface area (Å²) >= 11 is 0. The van der Waals surface area contributed by atoms with E-state index in [4.69, 9.17) is 4.74 Å². The second-order valence-electron chi connectivity index (χ2n) is 8.44. The maximum atomic E-state index is 9.55. The molecule has 4 rings (SSSR count). The van der Waals surface area contributed by atoms with Crippen LogP contribution in [-0.2, 0) is 0 Å². The van der Waals surface area contributed by atoms with Crippen LogP contribution in [0.4, 0.5) is 5.69 Å². The van der Waals surface area contributed by atoms with E-state index >= 15 is 0 Å². The summed E-state index contributed by atoms with van der Waals surface area (Å²) in [6.45, 7) is 5.98. The van der Waals surface area contributed by atoms with Gasteiger partial charge in [-0.1, -0.05) is 48.7 Å². The van der Waals surface area contributed by atoms with E-state index in [9.17, 15) is 10.5 Å². The van der Waals surface area contributed by atoms with Gasteiger partial charge in [0.25, 0.3) is 0 Å². The van der Waals surface area contributed by atoms with E-state index in [0.717, 1.165) is 48.5 Å². The van der Waals surface area contributed by atoms with Gasteiger partial charge in [-0.05, 0) is 61.6 Å². The SMILES string of the molecule is Cc1ccc(-c2ccc(Oc3cc(C#N)c(C#N)cc3N3CCCCCC3)c(C)c2)cc1. The zero-order valence-corrected chi connectivity index (χ0v) is 18.7. The summed E-state index contributed by atoms with van der Waals surface area (Å²) in [5.41, 5.74) is 6.19. The lowest BCUT2D eigenvalue weighted by Gasteiger charge is -2.26. The number of nitrogens with zero attached hydrogens (tertiary/aromatic N) is 3. The van der Waals surface area contributed by atoms with E-state index in [-0.39, 0.29) is 0 Å². The molecule has 0 spiro atoms. The molecular formula is C28H27N3O. The Hall–Kier alpha value is -3.76. The Morgan fingerprint density at radius 1 is 0.719 bits per heavy atom. The second kappa shape index (κ2) is 9.58. The monoisotopic (exact) mass is 421 g/mol. The molecule has 3 aromatic rings. The van der Waals surface area contributed by atoms with E-state index in [2.05, 4.69) is 60.4 Å². The highest BCUT2D eigenvalue weighted by molar-refractivity contribution is 5.69. The van der Waals surface area contributed by atoms with Crippen molar-refractivity contribution in [2.75, 3.05) is 18.0 Å². The number of rotatable bonds is 4. The highest BCUT2D eigenvalue weighted by Gasteiger charge is 2.19.